The van der Waals surface area contributed by atoms with Crippen molar-refractivity contribution in [1.29, 1.82) is 0 Å². The number of aromatic nitrogens is 1. The monoisotopic (exact) mass is 481 g/mol. The van der Waals surface area contributed by atoms with Gasteiger partial charge in [0.05, 0.1) is 12.6 Å². The van der Waals surface area contributed by atoms with Gasteiger partial charge in [-0.25, -0.2) is 0 Å². The lowest BCUT2D eigenvalue weighted by molar-refractivity contribution is -0.121. The van der Waals surface area contributed by atoms with Crippen molar-refractivity contribution in [3.8, 4) is 0 Å². The Morgan fingerprint density at radius 1 is 1.09 bits per heavy atom. The fraction of sp³-hybridized carbons (Fsp3) is 0.643. The molecule has 0 unspecified atom stereocenters. The highest BCUT2D eigenvalue weighted by molar-refractivity contribution is 5.99. The van der Waals surface area contributed by atoms with Crippen molar-refractivity contribution in [2.24, 2.45) is 18.9 Å². The van der Waals surface area contributed by atoms with Gasteiger partial charge in [0.15, 0.2) is 0 Å². The van der Waals surface area contributed by atoms with E-state index in [0.717, 1.165) is 44.0 Å². The number of carbonyl (C=O) groups excluding carboxylic acids is 2. The number of aryl methyl sites for hydroxylation is 1. The zero-order chi connectivity index (χ0) is 24.4. The highest BCUT2D eigenvalue weighted by atomic mass is 16.5. The SMILES string of the molecule is CN(CCCC(=O)N[C@H]1CCOC1)C(=O)c1ccc2c(c1)c1c(n2C)CC[C@@H](C2CCOCC2)C1. The van der Waals surface area contributed by atoms with Crippen LogP contribution in [0.1, 0.15) is 60.1 Å². The van der Waals surface area contributed by atoms with Gasteiger partial charge in [-0.1, -0.05) is 0 Å². The quantitative estimate of drug-likeness (QED) is 0.657. The molecule has 0 saturated carbocycles. The predicted molar refractivity (Wildman–Crippen MR) is 136 cm³/mol. The van der Waals surface area contributed by atoms with Gasteiger partial charge in [0, 0.05) is 69.0 Å². The molecule has 0 radical (unpaired) electrons. The van der Waals surface area contributed by atoms with E-state index in [4.69, 9.17) is 9.47 Å². The summed E-state index contributed by atoms with van der Waals surface area (Å²) >= 11 is 0. The Labute approximate surface area is 208 Å². The van der Waals surface area contributed by atoms with Crippen molar-refractivity contribution in [3.63, 3.8) is 0 Å². The molecule has 2 aromatic rings. The number of ether oxygens (including phenoxy) is 2. The van der Waals surface area contributed by atoms with E-state index in [0.29, 0.717) is 38.5 Å². The van der Waals surface area contributed by atoms with Gasteiger partial charge in [-0.15, -0.1) is 0 Å². The second kappa shape index (κ2) is 10.7. The summed E-state index contributed by atoms with van der Waals surface area (Å²) in [5.74, 6) is 1.52. The highest BCUT2D eigenvalue weighted by Gasteiger charge is 2.31. The molecule has 2 fully saturated rings. The predicted octanol–water partition coefficient (Wildman–Crippen LogP) is 3.47. The van der Waals surface area contributed by atoms with Crippen LogP contribution in [-0.2, 0) is 34.2 Å². The number of nitrogens with zero attached hydrogens (tertiary/aromatic N) is 2. The van der Waals surface area contributed by atoms with Crippen molar-refractivity contribution < 1.29 is 19.1 Å². The average molecular weight is 482 g/mol. The van der Waals surface area contributed by atoms with Crippen LogP contribution in [0.4, 0.5) is 0 Å². The van der Waals surface area contributed by atoms with Crippen molar-refractivity contribution in [2.45, 2.75) is 57.4 Å². The van der Waals surface area contributed by atoms with E-state index in [2.05, 4.69) is 29.1 Å². The molecule has 2 amide bonds. The molecule has 1 aromatic heterocycles. The van der Waals surface area contributed by atoms with Gasteiger partial charge in [-0.05, 0) is 80.5 Å². The Hall–Kier alpha value is -2.38. The minimum atomic E-state index is 0.0193. The topological polar surface area (TPSA) is 72.8 Å². The summed E-state index contributed by atoms with van der Waals surface area (Å²) in [6.07, 6.45) is 7.76. The molecular weight excluding hydrogens is 442 g/mol. The Kier molecular flexibility index (Phi) is 7.44. The molecular formula is C28H39N3O4. The Balaban J connectivity index is 1.24. The molecule has 1 aliphatic carbocycles. The molecule has 190 valence electrons. The zero-order valence-corrected chi connectivity index (χ0v) is 21.2. The number of carbonyl (C=O) groups is 2. The summed E-state index contributed by atoms with van der Waals surface area (Å²) in [4.78, 5) is 27.1. The second-order valence-electron chi connectivity index (χ2n) is 10.6. The largest absolute Gasteiger partial charge is 0.381 e. The van der Waals surface area contributed by atoms with E-state index in [9.17, 15) is 9.59 Å². The van der Waals surface area contributed by atoms with Crippen LogP contribution >= 0.6 is 0 Å². The van der Waals surface area contributed by atoms with Crippen molar-refractivity contribution in [1.82, 2.24) is 14.8 Å². The van der Waals surface area contributed by atoms with Crippen LogP contribution in [0.2, 0.25) is 0 Å². The molecule has 35 heavy (non-hydrogen) atoms. The first-order valence-corrected chi connectivity index (χ1v) is 13.3. The summed E-state index contributed by atoms with van der Waals surface area (Å²) in [5.41, 5.74) is 4.82. The van der Waals surface area contributed by atoms with Crippen LogP contribution in [0, 0.1) is 11.8 Å². The van der Waals surface area contributed by atoms with Gasteiger partial charge >= 0.3 is 0 Å². The zero-order valence-electron chi connectivity index (χ0n) is 21.2. The average Bonchev–Trinajstić information content (AvgIpc) is 3.49. The lowest BCUT2D eigenvalue weighted by Crippen LogP contribution is -2.35. The highest BCUT2D eigenvalue weighted by Crippen LogP contribution is 2.39. The van der Waals surface area contributed by atoms with Crippen LogP contribution < -0.4 is 5.32 Å². The van der Waals surface area contributed by atoms with E-state index in [1.807, 2.05) is 13.1 Å². The standard InChI is InChI=1S/C28H39N3O4/c1-30(12-3-4-27(32)29-22-11-15-35-18-22)28(33)21-6-8-26-24(17-21)23-16-20(5-7-25(23)31(26)2)19-9-13-34-14-10-19/h6,8,17,19-20,22H,3-5,7,9-16,18H2,1-2H3,(H,29,32)/t20-,22+/m1/s1. The Bertz CT molecular complexity index is 1070. The van der Waals surface area contributed by atoms with Crippen LogP contribution in [0.3, 0.4) is 0 Å². The van der Waals surface area contributed by atoms with Gasteiger partial charge in [-0.2, -0.15) is 0 Å². The van der Waals surface area contributed by atoms with E-state index >= 15 is 0 Å². The summed E-state index contributed by atoms with van der Waals surface area (Å²) in [6, 6.07) is 6.30. The third kappa shape index (κ3) is 5.26. The van der Waals surface area contributed by atoms with Gasteiger partial charge < -0.3 is 24.3 Å². The molecule has 7 nitrogen and oxygen atoms in total. The molecule has 3 aliphatic rings. The first kappa shape index (κ1) is 24.3. The number of benzene rings is 1. The lowest BCUT2D eigenvalue weighted by Gasteiger charge is -2.33. The molecule has 5 rings (SSSR count). The molecule has 1 N–H and O–H groups in total. The van der Waals surface area contributed by atoms with E-state index in [1.54, 1.807) is 4.90 Å². The Morgan fingerprint density at radius 3 is 2.66 bits per heavy atom. The first-order chi connectivity index (χ1) is 17.0. The fourth-order valence-electron chi connectivity index (χ4n) is 6.28. The molecule has 1 aromatic carbocycles. The molecule has 2 atom stereocenters. The molecule has 2 aliphatic heterocycles. The number of hydrogen-bond acceptors (Lipinski definition) is 4. The number of hydrogen-bond donors (Lipinski definition) is 1. The second-order valence-corrected chi connectivity index (χ2v) is 10.6. The smallest absolute Gasteiger partial charge is 0.253 e. The van der Waals surface area contributed by atoms with Crippen LogP contribution in [0.15, 0.2) is 18.2 Å². The number of fused-ring (bicyclic) bond motifs is 3. The maximum absolute atomic E-state index is 13.2. The van der Waals surface area contributed by atoms with Crippen molar-refractivity contribution in [2.75, 3.05) is 40.0 Å². The minimum absolute atomic E-state index is 0.0193. The summed E-state index contributed by atoms with van der Waals surface area (Å²) in [6.45, 7) is 3.67. The molecule has 3 heterocycles. The minimum Gasteiger partial charge on any atom is -0.381 e. The Morgan fingerprint density at radius 2 is 1.89 bits per heavy atom. The van der Waals surface area contributed by atoms with Gasteiger partial charge in [0.2, 0.25) is 5.91 Å². The maximum atomic E-state index is 13.2. The van der Waals surface area contributed by atoms with Crippen molar-refractivity contribution >= 4 is 22.7 Å². The van der Waals surface area contributed by atoms with Gasteiger partial charge in [0.25, 0.3) is 5.91 Å². The van der Waals surface area contributed by atoms with Crippen LogP contribution in [0.5, 0.6) is 0 Å². The lowest BCUT2D eigenvalue weighted by atomic mass is 9.75. The molecule has 0 spiro atoms. The van der Waals surface area contributed by atoms with E-state index in [1.165, 1.54) is 41.4 Å². The van der Waals surface area contributed by atoms with Crippen LogP contribution in [-0.4, -0.2) is 67.3 Å². The van der Waals surface area contributed by atoms with E-state index < -0.39 is 0 Å². The molecule has 2 saturated heterocycles. The fourth-order valence-corrected chi connectivity index (χ4v) is 6.28. The number of rotatable bonds is 7. The molecule has 0 bridgehead atoms. The van der Waals surface area contributed by atoms with Crippen molar-refractivity contribution in [3.05, 3.63) is 35.0 Å². The van der Waals surface area contributed by atoms with Gasteiger partial charge in [-0.3, -0.25) is 9.59 Å². The third-order valence-corrected chi connectivity index (χ3v) is 8.37. The maximum Gasteiger partial charge on any atom is 0.253 e. The van der Waals surface area contributed by atoms with Gasteiger partial charge in [0.1, 0.15) is 0 Å². The summed E-state index contributed by atoms with van der Waals surface area (Å²) in [5, 5.41) is 4.25. The normalized spacial score (nSPS) is 22.8. The molecule has 7 heteroatoms. The number of amides is 2. The third-order valence-electron chi connectivity index (χ3n) is 8.37. The number of nitrogens with one attached hydrogen (secondary N) is 1. The first-order valence-electron chi connectivity index (χ1n) is 13.3. The summed E-state index contributed by atoms with van der Waals surface area (Å²) in [7, 11) is 3.99. The van der Waals surface area contributed by atoms with E-state index in [-0.39, 0.29) is 17.9 Å². The van der Waals surface area contributed by atoms with Crippen LogP contribution in [0.25, 0.3) is 10.9 Å². The summed E-state index contributed by atoms with van der Waals surface area (Å²) < 4.78 is 13.2.